The van der Waals surface area contributed by atoms with E-state index in [2.05, 4.69) is 13.0 Å². The van der Waals surface area contributed by atoms with Gasteiger partial charge in [0, 0.05) is 5.56 Å². The van der Waals surface area contributed by atoms with Crippen molar-refractivity contribution in [2.75, 3.05) is 0 Å². The van der Waals surface area contributed by atoms with Crippen molar-refractivity contribution in [1.82, 2.24) is 0 Å². The molecule has 0 spiro atoms. The molecule has 0 saturated carbocycles. The summed E-state index contributed by atoms with van der Waals surface area (Å²) in [6.45, 7) is 5.92. The monoisotopic (exact) mass is 203 g/mol. The SMILES string of the molecule is C/C=C\c1c(CC)ccc(C)c1C(N)=O. The number of nitrogens with two attached hydrogens (primary N) is 1. The molecule has 2 N–H and O–H groups in total. The molecule has 0 atom stereocenters. The van der Waals surface area contributed by atoms with Crippen molar-refractivity contribution in [2.24, 2.45) is 5.73 Å². The minimum atomic E-state index is -0.351. The summed E-state index contributed by atoms with van der Waals surface area (Å²) in [6.07, 6.45) is 4.78. The number of carbonyl (C=O) groups excluding carboxylic acids is 1. The Morgan fingerprint density at radius 1 is 1.47 bits per heavy atom. The quantitative estimate of drug-likeness (QED) is 0.806. The predicted molar refractivity (Wildman–Crippen MR) is 63.8 cm³/mol. The van der Waals surface area contributed by atoms with Crippen LogP contribution in [0.25, 0.3) is 6.08 Å². The first-order valence-corrected chi connectivity index (χ1v) is 5.16. The molecule has 2 nitrogen and oxygen atoms in total. The van der Waals surface area contributed by atoms with Crippen molar-refractivity contribution in [2.45, 2.75) is 27.2 Å². The largest absolute Gasteiger partial charge is 0.366 e. The number of aryl methyl sites for hydroxylation is 2. The third-order valence-corrected chi connectivity index (χ3v) is 2.50. The van der Waals surface area contributed by atoms with E-state index in [1.54, 1.807) is 0 Å². The topological polar surface area (TPSA) is 43.1 Å². The minimum Gasteiger partial charge on any atom is -0.366 e. The molecular weight excluding hydrogens is 186 g/mol. The smallest absolute Gasteiger partial charge is 0.249 e. The summed E-state index contributed by atoms with van der Waals surface area (Å²) < 4.78 is 0. The van der Waals surface area contributed by atoms with Crippen LogP contribution < -0.4 is 5.73 Å². The average Bonchev–Trinajstić information content (AvgIpc) is 2.18. The second-order valence-electron chi connectivity index (χ2n) is 3.55. The highest BCUT2D eigenvalue weighted by molar-refractivity contribution is 5.98. The number of allylic oxidation sites excluding steroid dienone is 1. The zero-order valence-electron chi connectivity index (χ0n) is 9.50. The molecule has 0 saturated heterocycles. The molecule has 0 unspecified atom stereocenters. The van der Waals surface area contributed by atoms with Crippen LogP contribution in [0, 0.1) is 6.92 Å². The summed E-state index contributed by atoms with van der Waals surface area (Å²) in [5.74, 6) is -0.351. The van der Waals surface area contributed by atoms with Gasteiger partial charge in [-0.3, -0.25) is 4.79 Å². The fraction of sp³-hybridized carbons (Fsp3) is 0.308. The highest BCUT2D eigenvalue weighted by atomic mass is 16.1. The van der Waals surface area contributed by atoms with Gasteiger partial charge in [-0.25, -0.2) is 0 Å². The summed E-state index contributed by atoms with van der Waals surface area (Å²) in [4.78, 5) is 11.4. The molecule has 1 rings (SSSR count). The zero-order chi connectivity index (χ0) is 11.4. The summed E-state index contributed by atoms with van der Waals surface area (Å²) in [5.41, 5.74) is 9.11. The number of rotatable bonds is 3. The highest BCUT2D eigenvalue weighted by Gasteiger charge is 2.12. The van der Waals surface area contributed by atoms with Gasteiger partial charge in [-0.2, -0.15) is 0 Å². The molecule has 0 aliphatic carbocycles. The highest BCUT2D eigenvalue weighted by Crippen LogP contribution is 2.21. The van der Waals surface area contributed by atoms with Gasteiger partial charge in [0.1, 0.15) is 0 Å². The first kappa shape index (κ1) is 11.5. The first-order valence-electron chi connectivity index (χ1n) is 5.16. The fourth-order valence-corrected chi connectivity index (χ4v) is 1.76. The van der Waals surface area contributed by atoms with Gasteiger partial charge in [-0.05, 0) is 37.0 Å². The van der Waals surface area contributed by atoms with Gasteiger partial charge in [-0.1, -0.05) is 31.2 Å². The summed E-state index contributed by atoms with van der Waals surface area (Å²) in [5, 5.41) is 0. The second kappa shape index (κ2) is 4.78. The molecule has 0 radical (unpaired) electrons. The molecule has 15 heavy (non-hydrogen) atoms. The van der Waals surface area contributed by atoms with Crippen LogP contribution in [0.1, 0.15) is 40.9 Å². The van der Waals surface area contributed by atoms with Gasteiger partial charge in [0.05, 0.1) is 0 Å². The number of carbonyl (C=O) groups is 1. The number of amides is 1. The van der Waals surface area contributed by atoms with Crippen molar-refractivity contribution in [3.8, 4) is 0 Å². The van der Waals surface area contributed by atoms with E-state index < -0.39 is 0 Å². The molecule has 80 valence electrons. The first-order chi connectivity index (χ1) is 7.11. The van der Waals surface area contributed by atoms with Crippen LogP contribution in [0.5, 0.6) is 0 Å². The number of benzene rings is 1. The van der Waals surface area contributed by atoms with Gasteiger partial charge < -0.3 is 5.73 Å². The summed E-state index contributed by atoms with van der Waals surface area (Å²) in [6, 6.07) is 4.00. The summed E-state index contributed by atoms with van der Waals surface area (Å²) in [7, 11) is 0. The lowest BCUT2D eigenvalue weighted by molar-refractivity contribution is 0.0999. The third-order valence-electron chi connectivity index (χ3n) is 2.50. The Morgan fingerprint density at radius 3 is 2.60 bits per heavy atom. The second-order valence-corrected chi connectivity index (χ2v) is 3.55. The van der Waals surface area contributed by atoms with E-state index in [9.17, 15) is 4.79 Å². The lowest BCUT2D eigenvalue weighted by Crippen LogP contribution is -2.15. The van der Waals surface area contributed by atoms with Crippen LogP contribution in [0.2, 0.25) is 0 Å². The fourth-order valence-electron chi connectivity index (χ4n) is 1.76. The summed E-state index contributed by atoms with van der Waals surface area (Å²) >= 11 is 0. The van der Waals surface area contributed by atoms with E-state index in [0.29, 0.717) is 5.56 Å². The van der Waals surface area contributed by atoms with Crippen molar-refractivity contribution in [1.29, 1.82) is 0 Å². The standard InChI is InChI=1S/C13H17NO/c1-4-6-11-10(5-2)8-7-9(3)12(11)13(14)15/h4,6-8H,5H2,1-3H3,(H2,14,15)/b6-4-. The molecule has 0 bridgehead atoms. The Balaban J connectivity index is 3.50. The maximum atomic E-state index is 11.4. The Kier molecular flexibility index (Phi) is 3.67. The molecule has 0 fully saturated rings. The van der Waals surface area contributed by atoms with Gasteiger partial charge in [0.2, 0.25) is 5.91 Å². The Bertz CT molecular complexity index is 405. The normalized spacial score (nSPS) is 10.9. The third kappa shape index (κ3) is 2.27. The molecule has 0 aliphatic rings. The minimum absolute atomic E-state index is 0.351. The average molecular weight is 203 g/mol. The van der Waals surface area contributed by atoms with Crippen LogP contribution in [-0.2, 0) is 6.42 Å². The van der Waals surface area contributed by atoms with Crippen LogP contribution in [0.4, 0.5) is 0 Å². The molecule has 1 amide bonds. The van der Waals surface area contributed by atoms with E-state index in [4.69, 9.17) is 5.73 Å². The van der Waals surface area contributed by atoms with Crippen LogP contribution in [0.3, 0.4) is 0 Å². The van der Waals surface area contributed by atoms with E-state index in [1.165, 1.54) is 0 Å². The molecule has 0 aliphatic heterocycles. The predicted octanol–water partition coefficient (Wildman–Crippen LogP) is 2.69. The molecule has 0 aromatic heterocycles. The van der Waals surface area contributed by atoms with Crippen LogP contribution >= 0.6 is 0 Å². The molecular formula is C13H17NO. The van der Waals surface area contributed by atoms with Crippen molar-refractivity contribution in [3.05, 3.63) is 40.5 Å². The maximum Gasteiger partial charge on any atom is 0.249 e. The lowest BCUT2D eigenvalue weighted by atomic mass is 9.94. The Labute approximate surface area is 90.8 Å². The van der Waals surface area contributed by atoms with Gasteiger partial charge in [0.15, 0.2) is 0 Å². The number of primary amides is 1. The maximum absolute atomic E-state index is 11.4. The molecule has 1 aromatic rings. The van der Waals surface area contributed by atoms with Gasteiger partial charge in [0.25, 0.3) is 0 Å². The van der Waals surface area contributed by atoms with Gasteiger partial charge >= 0.3 is 0 Å². The van der Waals surface area contributed by atoms with Crippen molar-refractivity contribution in [3.63, 3.8) is 0 Å². The van der Waals surface area contributed by atoms with E-state index in [-0.39, 0.29) is 5.91 Å². The number of hydrogen-bond acceptors (Lipinski definition) is 1. The van der Waals surface area contributed by atoms with E-state index >= 15 is 0 Å². The van der Waals surface area contributed by atoms with Crippen molar-refractivity contribution >= 4 is 12.0 Å². The Hall–Kier alpha value is -1.57. The van der Waals surface area contributed by atoms with Crippen LogP contribution in [0.15, 0.2) is 18.2 Å². The molecule has 1 aromatic carbocycles. The zero-order valence-corrected chi connectivity index (χ0v) is 9.50. The molecule has 0 heterocycles. The van der Waals surface area contributed by atoms with E-state index in [0.717, 1.165) is 23.1 Å². The van der Waals surface area contributed by atoms with E-state index in [1.807, 2.05) is 32.1 Å². The van der Waals surface area contributed by atoms with Crippen LogP contribution in [-0.4, -0.2) is 5.91 Å². The number of hydrogen-bond donors (Lipinski definition) is 1. The molecule has 2 heteroatoms. The lowest BCUT2D eigenvalue weighted by Gasteiger charge is -2.11. The van der Waals surface area contributed by atoms with Crippen molar-refractivity contribution < 1.29 is 4.79 Å². The van der Waals surface area contributed by atoms with Gasteiger partial charge in [-0.15, -0.1) is 0 Å². The Morgan fingerprint density at radius 2 is 2.13 bits per heavy atom.